The Bertz CT molecular complexity index is 1730. The van der Waals surface area contributed by atoms with Gasteiger partial charge in [0.05, 0.1) is 22.4 Å². The maximum absolute atomic E-state index is 5.78. The Kier molecular flexibility index (Phi) is 6.19. The highest BCUT2D eigenvalue weighted by Crippen LogP contribution is 2.28. The predicted molar refractivity (Wildman–Crippen MR) is 151 cm³/mol. The molecular weight excluding hydrogens is 472 g/mol. The molecule has 0 aliphatic carbocycles. The second-order valence-corrected chi connectivity index (χ2v) is 9.03. The van der Waals surface area contributed by atoms with Crippen LogP contribution in [0.25, 0.3) is 39.4 Å². The zero-order chi connectivity index (χ0) is 25.9. The molecule has 3 aromatic carbocycles. The van der Waals surface area contributed by atoms with E-state index in [1.165, 1.54) is 5.56 Å². The van der Waals surface area contributed by atoms with Crippen LogP contribution in [0.5, 0.6) is 0 Å². The minimum absolute atomic E-state index is 0.241. The van der Waals surface area contributed by atoms with Crippen molar-refractivity contribution in [1.82, 2.24) is 29.5 Å². The second-order valence-electron chi connectivity index (χ2n) is 9.03. The molecule has 6 aromatic rings. The minimum atomic E-state index is 0.241. The molecule has 0 spiro atoms. The topological polar surface area (TPSA) is 107 Å². The lowest BCUT2D eigenvalue weighted by Crippen LogP contribution is -2.10. The van der Waals surface area contributed by atoms with E-state index in [0.717, 1.165) is 57.9 Å². The number of hydrogen-bond donors (Lipinski definition) is 2. The molecule has 0 saturated carbocycles. The molecule has 0 aliphatic rings. The fourth-order valence-electron chi connectivity index (χ4n) is 4.49. The van der Waals surface area contributed by atoms with Gasteiger partial charge in [0.2, 0.25) is 11.9 Å². The van der Waals surface area contributed by atoms with Crippen molar-refractivity contribution in [2.45, 2.75) is 13.3 Å². The van der Waals surface area contributed by atoms with Crippen LogP contribution >= 0.6 is 0 Å². The fraction of sp³-hybridized carbons (Fsp3) is 0.100. The third kappa shape index (κ3) is 4.79. The number of rotatable bonds is 7. The van der Waals surface area contributed by atoms with Gasteiger partial charge in [0.25, 0.3) is 0 Å². The number of fused-ring (bicyclic) bond motifs is 1. The van der Waals surface area contributed by atoms with Crippen LogP contribution < -0.4 is 11.1 Å². The molecular formula is C30H26N8. The Hall–Kier alpha value is -5.11. The molecule has 38 heavy (non-hydrogen) atoms. The van der Waals surface area contributed by atoms with E-state index in [9.17, 15) is 0 Å². The van der Waals surface area contributed by atoms with E-state index < -0.39 is 0 Å². The van der Waals surface area contributed by atoms with Crippen LogP contribution in [0, 0.1) is 6.92 Å². The zero-order valence-electron chi connectivity index (χ0n) is 20.9. The standard InChI is InChI=1S/C30H26N8/c1-20-7-5-6-10-23(20)25-18-28(37-30(36-25)33-15-13-21-8-3-2-4-9-21)38-19-34-26-17-22(11-12-27(26)38)24-14-16-32-29(31)35-24/h2-12,14,16-19H,13,15H2,1H3,(H2,31,32,35)(H,33,36,37). The van der Waals surface area contributed by atoms with Crippen LogP contribution in [0.3, 0.4) is 0 Å². The quantitative estimate of drug-likeness (QED) is 0.300. The molecule has 3 aromatic heterocycles. The van der Waals surface area contributed by atoms with Gasteiger partial charge in [-0.2, -0.15) is 4.98 Å². The zero-order valence-corrected chi connectivity index (χ0v) is 20.9. The molecule has 8 nitrogen and oxygen atoms in total. The second kappa shape index (κ2) is 10.1. The molecule has 8 heteroatoms. The van der Waals surface area contributed by atoms with Gasteiger partial charge in [-0.3, -0.25) is 4.57 Å². The molecule has 6 rings (SSSR count). The first-order valence-corrected chi connectivity index (χ1v) is 12.4. The highest BCUT2D eigenvalue weighted by atomic mass is 15.2. The molecule has 0 atom stereocenters. The van der Waals surface area contributed by atoms with Crippen LogP contribution in [0.1, 0.15) is 11.1 Å². The van der Waals surface area contributed by atoms with Crippen LogP contribution in [-0.2, 0) is 6.42 Å². The number of nitrogens with one attached hydrogen (secondary N) is 1. The van der Waals surface area contributed by atoms with E-state index >= 15 is 0 Å². The summed E-state index contributed by atoms with van der Waals surface area (Å²) in [7, 11) is 0. The summed E-state index contributed by atoms with van der Waals surface area (Å²) in [6.07, 6.45) is 4.32. The number of nitrogens with two attached hydrogens (primary N) is 1. The van der Waals surface area contributed by atoms with E-state index in [1.807, 2.05) is 53.1 Å². The average molecular weight is 499 g/mol. The number of aryl methyl sites for hydroxylation is 1. The molecule has 0 bridgehead atoms. The van der Waals surface area contributed by atoms with Crippen molar-refractivity contribution in [3.63, 3.8) is 0 Å². The number of nitrogens with zero attached hydrogens (tertiary/aromatic N) is 6. The summed E-state index contributed by atoms with van der Waals surface area (Å²) in [6, 6.07) is 28.5. The summed E-state index contributed by atoms with van der Waals surface area (Å²) in [5, 5.41) is 3.43. The fourth-order valence-corrected chi connectivity index (χ4v) is 4.49. The number of hydrogen-bond acceptors (Lipinski definition) is 7. The van der Waals surface area contributed by atoms with E-state index in [-0.39, 0.29) is 5.95 Å². The van der Waals surface area contributed by atoms with E-state index in [0.29, 0.717) is 5.95 Å². The number of benzene rings is 3. The maximum Gasteiger partial charge on any atom is 0.225 e. The van der Waals surface area contributed by atoms with Crippen LogP contribution in [-0.4, -0.2) is 36.0 Å². The molecule has 0 aliphatic heterocycles. The highest BCUT2D eigenvalue weighted by Gasteiger charge is 2.13. The summed E-state index contributed by atoms with van der Waals surface area (Å²) < 4.78 is 1.99. The van der Waals surface area contributed by atoms with Gasteiger partial charge in [-0.25, -0.2) is 19.9 Å². The Morgan fingerprint density at radius 3 is 2.50 bits per heavy atom. The van der Waals surface area contributed by atoms with Crippen molar-refractivity contribution in [2.24, 2.45) is 0 Å². The molecule has 186 valence electrons. The normalized spacial score (nSPS) is 11.1. The van der Waals surface area contributed by atoms with Gasteiger partial charge in [-0.05, 0) is 42.7 Å². The first kappa shape index (κ1) is 23.3. The van der Waals surface area contributed by atoms with Crippen molar-refractivity contribution in [1.29, 1.82) is 0 Å². The molecule has 0 saturated heterocycles. The Morgan fingerprint density at radius 2 is 1.66 bits per heavy atom. The van der Waals surface area contributed by atoms with E-state index in [1.54, 1.807) is 12.5 Å². The Morgan fingerprint density at radius 1 is 0.816 bits per heavy atom. The van der Waals surface area contributed by atoms with Gasteiger partial charge in [0.1, 0.15) is 12.1 Å². The SMILES string of the molecule is Cc1ccccc1-c1cc(-n2cnc3cc(-c4ccnc(N)n4)ccc32)nc(NCCc2ccccc2)n1. The summed E-state index contributed by atoms with van der Waals surface area (Å²) in [4.78, 5) is 22.7. The van der Waals surface area contributed by atoms with E-state index in [2.05, 4.69) is 63.6 Å². The largest absolute Gasteiger partial charge is 0.368 e. The van der Waals surface area contributed by atoms with Crippen LogP contribution in [0.15, 0.2) is 97.5 Å². The third-order valence-corrected chi connectivity index (χ3v) is 6.44. The van der Waals surface area contributed by atoms with Crippen molar-refractivity contribution in [3.05, 3.63) is 109 Å². The van der Waals surface area contributed by atoms with Gasteiger partial charge in [-0.1, -0.05) is 60.7 Å². The lowest BCUT2D eigenvalue weighted by molar-refractivity contribution is 0.955. The highest BCUT2D eigenvalue weighted by molar-refractivity contribution is 5.83. The van der Waals surface area contributed by atoms with Gasteiger partial charge in [-0.15, -0.1) is 0 Å². The first-order chi connectivity index (χ1) is 18.6. The minimum Gasteiger partial charge on any atom is -0.368 e. The molecule has 3 N–H and O–H groups in total. The lowest BCUT2D eigenvalue weighted by Gasteiger charge is -2.12. The Labute approximate surface area is 220 Å². The van der Waals surface area contributed by atoms with Gasteiger partial charge < -0.3 is 11.1 Å². The van der Waals surface area contributed by atoms with Gasteiger partial charge in [0.15, 0.2) is 0 Å². The van der Waals surface area contributed by atoms with Gasteiger partial charge in [0, 0.05) is 29.9 Å². The summed E-state index contributed by atoms with van der Waals surface area (Å²) >= 11 is 0. The van der Waals surface area contributed by atoms with Crippen molar-refractivity contribution < 1.29 is 0 Å². The number of imidazole rings is 1. The van der Waals surface area contributed by atoms with E-state index in [4.69, 9.17) is 15.7 Å². The van der Waals surface area contributed by atoms with Crippen LogP contribution in [0.4, 0.5) is 11.9 Å². The molecule has 0 fully saturated rings. The summed E-state index contributed by atoms with van der Waals surface area (Å²) in [6.45, 7) is 2.81. The third-order valence-electron chi connectivity index (χ3n) is 6.44. The smallest absolute Gasteiger partial charge is 0.225 e. The first-order valence-electron chi connectivity index (χ1n) is 12.4. The monoisotopic (exact) mass is 498 g/mol. The lowest BCUT2D eigenvalue weighted by atomic mass is 10.1. The average Bonchev–Trinajstić information content (AvgIpc) is 3.37. The summed E-state index contributed by atoms with van der Waals surface area (Å²) in [5.74, 6) is 1.55. The summed E-state index contributed by atoms with van der Waals surface area (Å²) in [5.41, 5.74) is 13.5. The van der Waals surface area contributed by atoms with Crippen molar-refractivity contribution in [3.8, 4) is 28.3 Å². The van der Waals surface area contributed by atoms with Crippen molar-refractivity contribution in [2.75, 3.05) is 17.6 Å². The van der Waals surface area contributed by atoms with Crippen LogP contribution in [0.2, 0.25) is 0 Å². The maximum atomic E-state index is 5.78. The predicted octanol–water partition coefficient (Wildman–Crippen LogP) is 5.48. The molecule has 0 radical (unpaired) electrons. The Balaban J connectivity index is 1.38. The molecule has 0 amide bonds. The molecule has 0 unspecified atom stereocenters. The van der Waals surface area contributed by atoms with Gasteiger partial charge >= 0.3 is 0 Å². The number of nitrogen functional groups attached to an aromatic ring is 1. The number of aromatic nitrogens is 6. The van der Waals surface area contributed by atoms with Crippen molar-refractivity contribution >= 4 is 22.9 Å². The number of anilines is 2. The molecule has 3 heterocycles.